The lowest BCUT2D eigenvalue weighted by Gasteiger charge is -2.36. The average molecular weight is 547 g/mol. The van der Waals surface area contributed by atoms with Gasteiger partial charge in [0.2, 0.25) is 5.91 Å². The summed E-state index contributed by atoms with van der Waals surface area (Å²) < 4.78 is 81.5. The van der Waals surface area contributed by atoms with Crippen molar-refractivity contribution in [2.24, 2.45) is 11.8 Å². The SMILES string of the molecule is CC(C)C[C@H]1C[C@@H](c2nnc([C@@H](CCO)CC(=O)Nc3ccc(C(F)(F)F)cc3C(F)(F)F)n2C2CC2)C1. The first-order chi connectivity index (χ1) is 17.8. The van der Waals surface area contributed by atoms with Crippen LogP contribution in [-0.2, 0) is 17.1 Å². The first kappa shape index (κ1) is 28.4. The standard InChI is InChI=1S/C26H32F6N4O2/c1-14(2)9-15-10-17(11-15)24-35-34-23(36(24)19-4-5-19)16(7-8-37)12-22(38)33-21-6-3-18(25(27,28)29)13-20(21)26(30,31)32/h3,6,13-17,19,37H,4-5,7-12H2,1-2H3,(H,33,38)/t15-,16-,17+/m0/s1. The van der Waals surface area contributed by atoms with Crippen LogP contribution in [0.1, 0.15) is 99.4 Å². The van der Waals surface area contributed by atoms with Crippen molar-refractivity contribution in [2.75, 3.05) is 11.9 Å². The Hall–Kier alpha value is -2.63. The van der Waals surface area contributed by atoms with Gasteiger partial charge in [0.25, 0.3) is 0 Å². The molecule has 2 fully saturated rings. The summed E-state index contributed by atoms with van der Waals surface area (Å²) in [6.45, 7) is 4.09. The highest BCUT2D eigenvalue weighted by atomic mass is 19.4. The summed E-state index contributed by atoms with van der Waals surface area (Å²) in [5.74, 6) is 1.42. The van der Waals surface area contributed by atoms with Gasteiger partial charge in [-0.15, -0.1) is 10.2 Å². The highest BCUT2D eigenvalue weighted by Gasteiger charge is 2.41. The lowest BCUT2D eigenvalue weighted by atomic mass is 9.71. The van der Waals surface area contributed by atoms with E-state index in [9.17, 15) is 36.2 Å². The fourth-order valence-corrected chi connectivity index (χ4v) is 5.35. The Balaban J connectivity index is 1.53. The summed E-state index contributed by atoms with van der Waals surface area (Å²) in [5, 5.41) is 20.6. The van der Waals surface area contributed by atoms with Crippen LogP contribution in [0.5, 0.6) is 0 Å². The molecule has 2 aliphatic carbocycles. The Morgan fingerprint density at radius 2 is 1.79 bits per heavy atom. The van der Waals surface area contributed by atoms with E-state index in [0.717, 1.165) is 37.9 Å². The van der Waals surface area contributed by atoms with Crippen molar-refractivity contribution < 1.29 is 36.2 Å². The maximum Gasteiger partial charge on any atom is 0.418 e. The summed E-state index contributed by atoms with van der Waals surface area (Å²) in [5.41, 5.74) is -3.80. The number of amides is 1. The molecule has 2 saturated carbocycles. The number of hydrogen-bond acceptors (Lipinski definition) is 4. The molecule has 1 aromatic carbocycles. The normalized spacial score (nSPS) is 20.9. The van der Waals surface area contributed by atoms with Crippen LogP contribution in [0.4, 0.5) is 32.0 Å². The molecule has 2 N–H and O–H groups in total. The van der Waals surface area contributed by atoms with E-state index in [-0.39, 0.29) is 37.5 Å². The molecule has 0 saturated heterocycles. The number of nitrogens with one attached hydrogen (secondary N) is 1. The van der Waals surface area contributed by atoms with Gasteiger partial charge < -0.3 is 15.0 Å². The van der Waals surface area contributed by atoms with E-state index < -0.39 is 41.0 Å². The van der Waals surface area contributed by atoms with Crippen molar-refractivity contribution in [1.82, 2.24) is 14.8 Å². The van der Waals surface area contributed by atoms with Gasteiger partial charge in [-0.3, -0.25) is 4.79 Å². The molecule has 1 amide bonds. The zero-order chi connectivity index (χ0) is 27.8. The number of aliphatic hydroxyl groups excluding tert-OH is 1. The molecule has 38 heavy (non-hydrogen) atoms. The molecule has 0 aliphatic heterocycles. The van der Waals surface area contributed by atoms with Crippen LogP contribution in [0.15, 0.2) is 18.2 Å². The Morgan fingerprint density at radius 3 is 2.34 bits per heavy atom. The molecule has 1 aromatic heterocycles. The second-order valence-corrected chi connectivity index (χ2v) is 10.9. The molecule has 1 heterocycles. The van der Waals surface area contributed by atoms with E-state index in [1.54, 1.807) is 0 Å². The van der Waals surface area contributed by atoms with Crippen LogP contribution in [-0.4, -0.2) is 32.4 Å². The van der Waals surface area contributed by atoms with Crippen LogP contribution < -0.4 is 5.32 Å². The van der Waals surface area contributed by atoms with E-state index in [1.165, 1.54) is 0 Å². The molecule has 0 radical (unpaired) electrons. The summed E-state index contributed by atoms with van der Waals surface area (Å²) in [6.07, 6.45) is -5.23. The van der Waals surface area contributed by atoms with Crippen molar-refractivity contribution in [3.8, 4) is 0 Å². The molecule has 0 bridgehead atoms. The topological polar surface area (TPSA) is 80.0 Å². The second kappa shape index (κ2) is 10.9. The third kappa shape index (κ3) is 6.50. The van der Waals surface area contributed by atoms with Crippen LogP contribution in [0.3, 0.4) is 0 Å². The van der Waals surface area contributed by atoms with Gasteiger partial charge in [0.15, 0.2) is 0 Å². The maximum absolute atomic E-state index is 13.5. The number of anilines is 1. The zero-order valence-corrected chi connectivity index (χ0v) is 21.2. The number of halogens is 6. The van der Waals surface area contributed by atoms with Crippen LogP contribution >= 0.6 is 0 Å². The number of rotatable bonds is 10. The number of alkyl halides is 6. The molecular weight excluding hydrogens is 514 g/mol. The number of aliphatic hydroxyl groups is 1. The van der Waals surface area contributed by atoms with Crippen molar-refractivity contribution in [3.63, 3.8) is 0 Å². The van der Waals surface area contributed by atoms with Crippen molar-refractivity contribution in [1.29, 1.82) is 0 Å². The van der Waals surface area contributed by atoms with E-state index in [2.05, 4.69) is 29.4 Å². The summed E-state index contributed by atoms with van der Waals surface area (Å²) in [4.78, 5) is 12.8. The number of benzene rings is 1. The fourth-order valence-electron chi connectivity index (χ4n) is 5.35. The molecule has 0 spiro atoms. The van der Waals surface area contributed by atoms with Crippen molar-refractivity contribution in [2.45, 2.75) is 89.0 Å². The van der Waals surface area contributed by atoms with Gasteiger partial charge in [0.1, 0.15) is 11.6 Å². The van der Waals surface area contributed by atoms with Gasteiger partial charge in [-0.1, -0.05) is 13.8 Å². The average Bonchev–Trinajstić information content (AvgIpc) is 3.52. The van der Waals surface area contributed by atoms with E-state index in [1.807, 2.05) is 4.57 Å². The lowest BCUT2D eigenvalue weighted by Crippen LogP contribution is -2.26. The minimum atomic E-state index is -5.11. The monoisotopic (exact) mass is 546 g/mol. The molecule has 2 aromatic rings. The van der Waals surface area contributed by atoms with Crippen LogP contribution in [0.25, 0.3) is 0 Å². The molecule has 210 valence electrons. The molecule has 0 unspecified atom stereocenters. The van der Waals surface area contributed by atoms with Gasteiger partial charge in [0.05, 0.1) is 16.8 Å². The minimum Gasteiger partial charge on any atom is -0.396 e. The first-order valence-electron chi connectivity index (χ1n) is 12.9. The third-order valence-electron chi connectivity index (χ3n) is 7.27. The van der Waals surface area contributed by atoms with E-state index >= 15 is 0 Å². The van der Waals surface area contributed by atoms with Crippen LogP contribution in [0, 0.1) is 11.8 Å². The summed E-state index contributed by atoms with van der Waals surface area (Å²) in [6, 6.07) is 1.29. The third-order valence-corrected chi connectivity index (χ3v) is 7.27. The fraction of sp³-hybridized carbons (Fsp3) is 0.654. The highest BCUT2D eigenvalue weighted by molar-refractivity contribution is 5.92. The maximum atomic E-state index is 13.5. The molecule has 12 heteroatoms. The Bertz CT molecular complexity index is 1130. The van der Waals surface area contributed by atoms with E-state index in [4.69, 9.17) is 0 Å². The highest BCUT2D eigenvalue weighted by Crippen LogP contribution is 2.48. The van der Waals surface area contributed by atoms with Crippen molar-refractivity contribution >= 4 is 11.6 Å². The van der Waals surface area contributed by atoms with Gasteiger partial charge in [-0.2, -0.15) is 26.3 Å². The molecule has 6 nitrogen and oxygen atoms in total. The van der Waals surface area contributed by atoms with Gasteiger partial charge in [-0.25, -0.2) is 0 Å². The number of nitrogens with zero attached hydrogens (tertiary/aromatic N) is 3. The molecule has 1 atom stereocenters. The molecular formula is C26H32F6N4O2. The molecule has 4 rings (SSSR count). The largest absolute Gasteiger partial charge is 0.418 e. The zero-order valence-electron chi connectivity index (χ0n) is 21.2. The minimum absolute atomic E-state index is 0.0119. The Morgan fingerprint density at radius 1 is 1.11 bits per heavy atom. The first-order valence-corrected chi connectivity index (χ1v) is 12.9. The van der Waals surface area contributed by atoms with Gasteiger partial charge >= 0.3 is 12.4 Å². The second-order valence-electron chi connectivity index (χ2n) is 10.9. The Labute approximate surface area is 216 Å². The predicted octanol–water partition coefficient (Wildman–Crippen LogP) is 6.69. The van der Waals surface area contributed by atoms with Gasteiger partial charge in [0, 0.05) is 30.9 Å². The molecule has 2 aliphatic rings. The number of hydrogen-bond donors (Lipinski definition) is 2. The summed E-state index contributed by atoms with van der Waals surface area (Å²) >= 11 is 0. The lowest BCUT2D eigenvalue weighted by molar-refractivity contribution is -0.142. The number of carbonyl (C=O) groups is 1. The Kier molecular flexibility index (Phi) is 8.11. The quantitative estimate of drug-likeness (QED) is 0.326. The van der Waals surface area contributed by atoms with Crippen LogP contribution in [0.2, 0.25) is 0 Å². The predicted molar refractivity (Wildman–Crippen MR) is 127 cm³/mol. The number of aromatic nitrogens is 3. The smallest absolute Gasteiger partial charge is 0.396 e. The van der Waals surface area contributed by atoms with Gasteiger partial charge in [-0.05, 0) is 68.6 Å². The van der Waals surface area contributed by atoms with E-state index in [0.29, 0.717) is 29.8 Å². The van der Waals surface area contributed by atoms with Crippen molar-refractivity contribution in [3.05, 3.63) is 41.0 Å². The summed E-state index contributed by atoms with van der Waals surface area (Å²) in [7, 11) is 0. The number of carbonyl (C=O) groups excluding carboxylic acids is 1.